The number of fused-ring (bicyclic) bond motifs is 1. The van der Waals surface area contributed by atoms with Gasteiger partial charge in [0.15, 0.2) is 11.6 Å². The van der Waals surface area contributed by atoms with Gasteiger partial charge in [0.1, 0.15) is 18.0 Å². The van der Waals surface area contributed by atoms with Crippen molar-refractivity contribution < 1.29 is 13.5 Å². The molecule has 3 aromatic rings. The molecule has 1 aliphatic carbocycles. The van der Waals surface area contributed by atoms with E-state index >= 15 is 0 Å². The second-order valence-corrected chi connectivity index (χ2v) is 5.78. The predicted molar refractivity (Wildman–Crippen MR) is 84.1 cm³/mol. The molecule has 124 valence electrons. The van der Waals surface area contributed by atoms with E-state index in [4.69, 9.17) is 4.74 Å². The molecule has 1 saturated carbocycles. The minimum Gasteiger partial charge on any atom is -0.494 e. The number of aryl methyl sites for hydroxylation is 1. The van der Waals surface area contributed by atoms with Crippen molar-refractivity contribution in [2.45, 2.75) is 25.8 Å². The monoisotopic (exact) mass is 331 g/mol. The van der Waals surface area contributed by atoms with Crippen LogP contribution in [0, 0.1) is 18.6 Å². The molecule has 1 aliphatic rings. The largest absolute Gasteiger partial charge is 0.494 e. The number of anilines is 1. The summed E-state index contributed by atoms with van der Waals surface area (Å²) in [6.45, 7) is 1.74. The van der Waals surface area contributed by atoms with Gasteiger partial charge in [0.25, 0.3) is 5.78 Å². The van der Waals surface area contributed by atoms with Gasteiger partial charge < -0.3 is 10.1 Å². The van der Waals surface area contributed by atoms with Gasteiger partial charge in [-0.3, -0.25) is 0 Å². The van der Waals surface area contributed by atoms with Crippen LogP contribution in [0.1, 0.15) is 18.5 Å². The van der Waals surface area contributed by atoms with Crippen LogP contribution < -0.4 is 10.1 Å². The highest BCUT2D eigenvalue weighted by molar-refractivity contribution is 5.80. The van der Waals surface area contributed by atoms with Crippen molar-refractivity contribution in [1.82, 2.24) is 19.6 Å². The number of aromatic nitrogens is 4. The van der Waals surface area contributed by atoms with Crippen molar-refractivity contribution in [3.8, 4) is 16.9 Å². The molecule has 0 amide bonds. The SMILES string of the molecule is COc1cc(F)c(-c2c(C)nc3ncnn3c2NC2CC2)cc1F. The summed E-state index contributed by atoms with van der Waals surface area (Å²) in [5, 5.41) is 7.48. The van der Waals surface area contributed by atoms with Gasteiger partial charge in [-0.1, -0.05) is 0 Å². The minimum absolute atomic E-state index is 0.110. The van der Waals surface area contributed by atoms with Gasteiger partial charge in [-0.2, -0.15) is 14.6 Å². The van der Waals surface area contributed by atoms with E-state index in [-0.39, 0.29) is 11.3 Å². The van der Waals surface area contributed by atoms with Gasteiger partial charge in [-0.25, -0.2) is 13.8 Å². The molecule has 1 N–H and O–H groups in total. The van der Waals surface area contributed by atoms with Crippen molar-refractivity contribution in [3.63, 3.8) is 0 Å². The Hall–Kier alpha value is -2.77. The van der Waals surface area contributed by atoms with Gasteiger partial charge in [-0.15, -0.1) is 0 Å². The maximum atomic E-state index is 14.6. The lowest BCUT2D eigenvalue weighted by molar-refractivity contribution is 0.383. The molecule has 0 aliphatic heterocycles. The van der Waals surface area contributed by atoms with Crippen LogP contribution in [-0.2, 0) is 0 Å². The fourth-order valence-corrected chi connectivity index (χ4v) is 2.71. The highest BCUT2D eigenvalue weighted by Gasteiger charge is 2.27. The number of nitrogens with zero attached hydrogens (tertiary/aromatic N) is 4. The molecule has 0 radical (unpaired) electrons. The molecule has 2 aromatic heterocycles. The molecule has 8 heteroatoms. The first-order valence-electron chi connectivity index (χ1n) is 7.58. The number of hydrogen-bond donors (Lipinski definition) is 1. The van der Waals surface area contributed by atoms with Crippen molar-refractivity contribution in [2.24, 2.45) is 0 Å². The number of hydrogen-bond acceptors (Lipinski definition) is 5. The van der Waals surface area contributed by atoms with E-state index in [0.717, 1.165) is 25.0 Å². The Kier molecular flexibility index (Phi) is 3.33. The van der Waals surface area contributed by atoms with Gasteiger partial charge in [0.05, 0.1) is 12.8 Å². The smallest absolute Gasteiger partial charge is 0.254 e. The fraction of sp³-hybridized carbons (Fsp3) is 0.312. The molecule has 1 fully saturated rings. The van der Waals surface area contributed by atoms with Crippen molar-refractivity contribution in [1.29, 1.82) is 0 Å². The molecule has 2 heterocycles. The van der Waals surface area contributed by atoms with Crippen LogP contribution in [-0.4, -0.2) is 32.7 Å². The molecule has 0 bridgehead atoms. The Morgan fingerprint density at radius 1 is 1.25 bits per heavy atom. The Morgan fingerprint density at radius 3 is 2.75 bits per heavy atom. The summed E-state index contributed by atoms with van der Waals surface area (Å²) < 4.78 is 35.1. The van der Waals surface area contributed by atoms with Crippen LogP contribution in [0.2, 0.25) is 0 Å². The maximum absolute atomic E-state index is 14.6. The third kappa shape index (κ3) is 2.34. The second kappa shape index (κ2) is 5.40. The minimum atomic E-state index is -0.635. The highest BCUT2D eigenvalue weighted by Crippen LogP contribution is 2.37. The summed E-state index contributed by atoms with van der Waals surface area (Å²) in [6, 6.07) is 2.46. The average Bonchev–Trinajstić information content (AvgIpc) is 3.25. The standard InChI is InChI=1S/C16H15F2N5O/c1-8-14(10-5-12(18)13(24-2)6-11(10)17)15(22-9-3-4-9)23-16(21-8)19-7-20-23/h5-7,9,22H,3-4H2,1-2H3. The first-order chi connectivity index (χ1) is 11.6. The van der Waals surface area contributed by atoms with Gasteiger partial charge in [0, 0.05) is 23.2 Å². The predicted octanol–water partition coefficient (Wildman–Crippen LogP) is 2.96. The van der Waals surface area contributed by atoms with Crippen molar-refractivity contribution >= 4 is 11.6 Å². The third-order valence-corrected chi connectivity index (χ3v) is 4.04. The summed E-state index contributed by atoms with van der Waals surface area (Å²) >= 11 is 0. The molecule has 0 atom stereocenters. The number of halogens is 2. The van der Waals surface area contributed by atoms with E-state index in [9.17, 15) is 8.78 Å². The van der Waals surface area contributed by atoms with Gasteiger partial charge >= 0.3 is 0 Å². The topological polar surface area (TPSA) is 64.3 Å². The number of methoxy groups -OCH3 is 1. The number of ether oxygens (including phenoxy) is 1. The number of benzene rings is 1. The first-order valence-corrected chi connectivity index (χ1v) is 7.58. The summed E-state index contributed by atoms with van der Waals surface area (Å²) in [5.41, 5.74) is 1.12. The van der Waals surface area contributed by atoms with E-state index in [2.05, 4.69) is 20.4 Å². The van der Waals surface area contributed by atoms with E-state index in [1.54, 1.807) is 6.92 Å². The first kappa shape index (κ1) is 14.8. The van der Waals surface area contributed by atoms with Crippen LogP contribution in [0.15, 0.2) is 18.5 Å². The Bertz CT molecular complexity index is 936. The van der Waals surface area contributed by atoms with Crippen LogP contribution in [0.5, 0.6) is 5.75 Å². The Labute approximate surface area is 136 Å². The van der Waals surface area contributed by atoms with Crippen LogP contribution in [0.4, 0.5) is 14.6 Å². The summed E-state index contributed by atoms with van der Waals surface area (Å²) in [5.74, 6) is -0.379. The molecule has 0 spiro atoms. The molecular weight excluding hydrogens is 316 g/mol. The third-order valence-electron chi connectivity index (χ3n) is 4.04. The van der Waals surface area contributed by atoms with Crippen LogP contribution in [0.25, 0.3) is 16.9 Å². The van der Waals surface area contributed by atoms with E-state index in [1.165, 1.54) is 18.0 Å². The Morgan fingerprint density at radius 2 is 2.04 bits per heavy atom. The van der Waals surface area contributed by atoms with E-state index in [0.29, 0.717) is 28.9 Å². The maximum Gasteiger partial charge on any atom is 0.254 e. The lowest BCUT2D eigenvalue weighted by Crippen LogP contribution is -2.12. The molecule has 0 saturated heterocycles. The highest BCUT2D eigenvalue weighted by atomic mass is 19.1. The summed E-state index contributed by atoms with van der Waals surface area (Å²) in [7, 11) is 1.30. The van der Waals surface area contributed by atoms with Crippen LogP contribution in [0.3, 0.4) is 0 Å². The van der Waals surface area contributed by atoms with Crippen LogP contribution >= 0.6 is 0 Å². The van der Waals surface area contributed by atoms with Gasteiger partial charge in [0.2, 0.25) is 0 Å². The molecule has 1 aromatic carbocycles. The molecule has 4 rings (SSSR count). The lowest BCUT2D eigenvalue weighted by Gasteiger charge is -2.16. The fourth-order valence-electron chi connectivity index (χ4n) is 2.71. The zero-order valence-corrected chi connectivity index (χ0v) is 13.2. The van der Waals surface area contributed by atoms with E-state index < -0.39 is 11.6 Å². The molecule has 0 unspecified atom stereocenters. The number of rotatable bonds is 4. The summed E-state index contributed by atoms with van der Waals surface area (Å²) in [4.78, 5) is 8.43. The molecular formula is C16H15F2N5O. The zero-order chi connectivity index (χ0) is 16.8. The zero-order valence-electron chi connectivity index (χ0n) is 13.2. The van der Waals surface area contributed by atoms with Gasteiger partial charge in [-0.05, 0) is 25.8 Å². The summed E-state index contributed by atoms with van der Waals surface area (Å²) in [6.07, 6.45) is 3.43. The Balaban J connectivity index is 1.98. The average molecular weight is 331 g/mol. The van der Waals surface area contributed by atoms with Crippen molar-refractivity contribution in [2.75, 3.05) is 12.4 Å². The number of nitrogens with one attached hydrogen (secondary N) is 1. The van der Waals surface area contributed by atoms with E-state index in [1.807, 2.05) is 0 Å². The lowest BCUT2D eigenvalue weighted by atomic mass is 10.0. The van der Waals surface area contributed by atoms with Crippen molar-refractivity contribution in [3.05, 3.63) is 35.8 Å². The second-order valence-electron chi connectivity index (χ2n) is 5.78. The molecule has 24 heavy (non-hydrogen) atoms. The molecule has 6 nitrogen and oxygen atoms in total. The quantitative estimate of drug-likeness (QED) is 0.796. The normalized spacial score (nSPS) is 14.2.